The van der Waals surface area contributed by atoms with Crippen LogP contribution in [0.1, 0.15) is 39.6 Å². The summed E-state index contributed by atoms with van der Waals surface area (Å²) in [7, 11) is 0. The lowest BCUT2D eigenvalue weighted by molar-refractivity contribution is -0.140. The summed E-state index contributed by atoms with van der Waals surface area (Å²) < 4.78 is 5.98. The first kappa shape index (κ1) is 25.0. The van der Waals surface area contributed by atoms with Gasteiger partial charge in [0, 0.05) is 11.8 Å². The third-order valence-electron chi connectivity index (χ3n) is 6.77. The molecule has 1 fully saturated rings. The maximum absolute atomic E-state index is 13.4. The quantitative estimate of drug-likeness (QED) is 0.193. The molecular weight excluding hydrogens is 476 g/mol. The van der Waals surface area contributed by atoms with Crippen LogP contribution in [0.3, 0.4) is 0 Å². The summed E-state index contributed by atoms with van der Waals surface area (Å²) in [5.74, 6) is -0.909. The highest BCUT2D eigenvalue weighted by molar-refractivity contribution is 6.46. The van der Waals surface area contributed by atoms with Crippen LogP contribution >= 0.6 is 0 Å². The van der Waals surface area contributed by atoms with Crippen LogP contribution in [0, 0.1) is 13.8 Å². The van der Waals surface area contributed by atoms with E-state index in [1.165, 1.54) is 4.90 Å². The molecule has 1 N–H and O–H groups in total. The van der Waals surface area contributed by atoms with Crippen LogP contribution in [0.5, 0.6) is 5.75 Å². The Hall–Kier alpha value is -4.71. The number of likely N-dealkylation sites (tertiary alicyclic amines) is 1. The SMILES string of the molecule is Cc1cc(/C(O)=C2\C(=O)C(=O)N(Cc3ccccn3)C2c2ccccc2C)ccc1OCc1ccccc1. The summed E-state index contributed by atoms with van der Waals surface area (Å²) in [6, 6.07) is 27.4. The van der Waals surface area contributed by atoms with E-state index >= 15 is 0 Å². The lowest BCUT2D eigenvalue weighted by Crippen LogP contribution is -2.29. The maximum Gasteiger partial charge on any atom is 0.296 e. The van der Waals surface area contributed by atoms with Gasteiger partial charge in [0.2, 0.25) is 0 Å². The second-order valence-electron chi connectivity index (χ2n) is 9.36. The molecule has 0 aliphatic carbocycles. The number of benzene rings is 3. The number of pyridine rings is 1. The number of carbonyl (C=O) groups excluding carboxylic acids is 2. The number of aliphatic hydroxyl groups is 1. The molecule has 0 radical (unpaired) electrons. The van der Waals surface area contributed by atoms with Crippen molar-refractivity contribution in [2.24, 2.45) is 0 Å². The van der Waals surface area contributed by atoms with Gasteiger partial charge in [-0.05, 0) is 66.4 Å². The average molecular weight is 505 g/mol. The topological polar surface area (TPSA) is 79.7 Å². The van der Waals surface area contributed by atoms with Gasteiger partial charge in [-0.25, -0.2) is 0 Å². The molecule has 190 valence electrons. The van der Waals surface area contributed by atoms with E-state index in [0.717, 1.165) is 22.3 Å². The van der Waals surface area contributed by atoms with Gasteiger partial charge >= 0.3 is 0 Å². The van der Waals surface area contributed by atoms with E-state index in [1.807, 2.05) is 80.6 Å². The number of nitrogens with zero attached hydrogens (tertiary/aromatic N) is 2. The number of Topliss-reactive ketones (excluding diaryl/α,β-unsaturated/α-hetero) is 1. The number of carbonyl (C=O) groups is 2. The van der Waals surface area contributed by atoms with Gasteiger partial charge in [0.15, 0.2) is 0 Å². The lowest BCUT2D eigenvalue weighted by Gasteiger charge is -2.26. The number of aromatic nitrogens is 1. The summed E-state index contributed by atoms with van der Waals surface area (Å²) in [5.41, 5.74) is 4.72. The fourth-order valence-corrected chi connectivity index (χ4v) is 4.78. The first-order valence-corrected chi connectivity index (χ1v) is 12.5. The van der Waals surface area contributed by atoms with E-state index in [2.05, 4.69) is 4.98 Å². The molecule has 1 aromatic heterocycles. The first-order chi connectivity index (χ1) is 18.4. The van der Waals surface area contributed by atoms with Crippen molar-refractivity contribution in [2.75, 3.05) is 0 Å². The number of ketones is 1. The molecule has 0 saturated carbocycles. The van der Waals surface area contributed by atoms with Crippen molar-refractivity contribution < 1.29 is 19.4 Å². The predicted molar refractivity (Wildman–Crippen MR) is 145 cm³/mol. The Morgan fingerprint density at radius 3 is 2.34 bits per heavy atom. The molecule has 0 spiro atoms. The summed E-state index contributed by atoms with van der Waals surface area (Å²) in [5, 5.41) is 11.5. The molecule has 38 heavy (non-hydrogen) atoms. The Kier molecular flexibility index (Phi) is 7.05. The maximum atomic E-state index is 13.4. The van der Waals surface area contributed by atoms with Gasteiger partial charge in [0.1, 0.15) is 18.1 Å². The van der Waals surface area contributed by atoms with E-state index in [4.69, 9.17) is 4.74 Å². The summed E-state index contributed by atoms with van der Waals surface area (Å²) >= 11 is 0. The minimum atomic E-state index is -0.743. The minimum absolute atomic E-state index is 0.0672. The van der Waals surface area contributed by atoms with Crippen molar-refractivity contribution >= 4 is 17.4 Å². The van der Waals surface area contributed by atoms with E-state index in [9.17, 15) is 14.7 Å². The van der Waals surface area contributed by atoms with Gasteiger partial charge in [-0.15, -0.1) is 0 Å². The smallest absolute Gasteiger partial charge is 0.296 e. The number of aryl methyl sites for hydroxylation is 2. The van der Waals surface area contributed by atoms with Crippen LogP contribution in [0.2, 0.25) is 0 Å². The van der Waals surface area contributed by atoms with Crippen molar-refractivity contribution in [3.8, 4) is 5.75 Å². The van der Waals surface area contributed by atoms with Crippen molar-refractivity contribution in [3.63, 3.8) is 0 Å². The van der Waals surface area contributed by atoms with E-state index in [0.29, 0.717) is 23.6 Å². The highest BCUT2D eigenvalue weighted by atomic mass is 16.5. The standard InChI is InChI=1S/C32H28N2O4/c1-21-10-6-7-14-26(21)29-28(31(36)32(37)34(29)19-25-13-8-9-17-33-25)30(35)24-15-16-27(22(2)18-24)38-20-23-11-4-3-5-12-23/h3-18,29,35H,19-20H2,1-2H3/b30-28+. The van der Waals surface area contributed by atoms with Gasteiger partial charge in [-0.1, -0.05) is 60.7 Å². The fourth-order valence-electron chi connectivity index (χ4n) is 4.78. The molecule has 1 atom stereocenters. The monoisotopic (exact) mass is 504 g/mol. The predicted octanol–water partition coefficient (Wildman–Crippen LogP) is 5.90. The van der Waals surface area contributed by atoms with Gasteiger partial charge < -0.3 is 14.7 Å². The zero-order valence-corrected chi connectivity index (χ0v) is 21.3. The van der Waals surface area contributed by atoms with Crippen LogP contribution in [-0.2, 0) is 22.7 Å². The average Bonchev–Trinajstić information content (AvgIpc) is 3.18. The third-order valence-corrected chi connectivity index (χ3v) is 6.77. The molecule has 5 rings (SSSR count). The van der Waals surface area contributed by atoms with Crippen molar-refractivity contribution in [2.45, 2.75) is 33.0 Å². The fraction of sp³-hybridized carbons (Fsp3) is 0.156. The highest BCUT2D eigenvalue weighted by Crippen LogP contribution is 2.41. The third kappa shape index (κ3) is 4.93. The Morgan fingerprint density at radius 2 is 1.63 bits per heavy atom. The molecule has 1 aliphatic heterocycles. The summed E-state index contributed by atoms with van der Waals surface area (Å²) in [6.07, 6.45) is 1.65. The van der Waals surface area contributed by atoms with Crippen LogP contribution in [-0.4, -0.2) is 26.7 Å². The van der Waals surface area contributed by atoms with Crippen LogP contribution in [0.25, 0.3) is 5.76 Å². The van der Waals surface area contributed by atoms with Crippen molar-refractivity contribution in [1.82, 2.24) is 9.88 Å². The molecule has 6 heteroatoms. The Morgan fingerprint density at radius 1 is 0.895 bits per heavy atom. The number of aliphatic hydroxyl groups excluding tert-OH is 1. The molecule has 1 saturated heterocycles. The Bertz CT molecular complexity index is 1510. The summed E-state index contributed by atoms with van der Waals surface area (Å²) in [4.78, 5) is 32.5. The molecule has 3 aromatic carbocycles. The number of amides is 1. The zero-order chi connectivity index (χ0) is 26.6. The van der Waals surface area contributed by atoms with Crippen LogP contribution < -0.4 is 4.74 Å². The molecule has 2 heterocycles. The Labute approximate surface area is 221 Å². The molecule has 1 amide bonds. The van der Waals surface area contributed by atoms with Gasteiger partial charge in [0.05, 0.1) is 23.9 Å². The van der Waals surface area contributed by atoms with Gasteiger partial charge in [-0.2, -0.15) is 0 Å². The van der Waals surface area contributed by atoms with Crippen molar-refractivity contribution in [3.05, 3.63) is 136 Å². The zero-order valence-electron chi connectivity index (χ0n) is 21.3. The number of rotatable bonds is 7. The van der Waals surface area contributed by atoms with E-state index < -0.39 is 17.7 Å². The first-order valence-electron chi connectivity index (χ1n) is 12.5. The highest BCUT2D eigenvalue weighted by Gasteiger charge is 2.46. The van der Waals surface area contributed by atoms with Gasteiger partial charge in [-0.3, -0.25) is 14.6 Å². The molecule has 0 bridgehead atoms. The molecule has 1 unspecified atom stereocenters. The Balaban J connectivity index is 1.53. The van der Waals surface area contributed by atoms with Gasteiger partial charge in [0.25, 0.3) is 11.7 Å². The largest absolute Gasteiger partial charge is 0.507 e. The van der Waals surface area contributed by atoms with Crippen molar-refractivity contribution in [1.29, 1.82) is 0 Å². The lowest BCUT2D eigenvalue weighted by atomic mass is 9.92. The minimum Gasteiger partial charge on any atom is -0.507 e. The van der Waals surface area contributed by atoms with E-state index in [1.54, 1.807) is 30.5 Å². The second-order valence-corrected chi connectivity index (χ2v) is 9.36. The molecule has 4 aromatic rings. The normalized spacial score (nSPS) is 16.6. The second kappa shape index (κ2) is 10.7. The number of ether oxygens (including phenoxy) is 1. The molecular formula is C32H28N2O4. The summed E-state index contributed by atoms with van der Waals surface area (Å²) in [6.45, 7) is 4.38. The molecule has 6 nitrogen and oxygen atoms in total. The number of hydrogen-bond donors (Lipinski definition) is 1. The van der Waals surface area contributed by atoms with Crippen LogP contribution in [0.4, 0.5) is 0 Å². The van der Waals surface area contributed by atoms with Crippen LogP contribution in [0.15, 0.2) is 103 Å². The molecule has 1 aliphatic rings. The number of hydrogen-bond acceptors (Lipinski definition) is 5. The van der Waals surface area contributed by atoms with E-state index in [-0.39, 0.29) is 17.9 Å².